The van der Waals surface area contributed by atoms with Crippen LogP contribution in [-0.2, 0) is 61.2 Å². The largest absolute Gasteiger partial charge is 0.489 e. The van der Waals surface area contributed by atoms with E-state index in [0.717, 1.165) is 66.3 Å². The summed E-state index contributed by atoms with van der Waals surface area (Å²) in [5, 5.41) is 21.5. The van der Waals surface area contributed by atoms with Gasteiger partial charge in [-0.2, -0.15) is 0 Å². The first-order chi connectivity index (χ1) is 38.0. The molecular formula is C63H83N9O8. The number of likely N-dealkylation sites (tertiary alicyclic amines) is 1. The van der Waals surface area contributed by atoms with Crippen LogP contribution in [0.5, 0.6) is 5.75 Å². The van der Waals surface area contributed by atoms with Crippen molar-refractivity contribution in [3.63, 3.8) is 0 Å². The highest BCUT2D eigenvalue weighted by Gasteiger charge is 2.47. The smallest absolute Gasteiger partial charge is 0.251 e. The number of nitrogens with zero attached hydrogens (tertiary/aromatic N) is 2. The van der Waals surface area contributed by atoms with Crippen LogP contribution in [0.2, 0.25) is 0 Å². The van der Waals surface area contributed by atoms with Gasteiger partial charge in [-0.15, -0.1) is 0 Å². The second kappa shape index (κ2) is 25.1. The van der Waals surface area contributed by atoms with Crippen molar-refractivity contribution in [3.8, 4) is 5.75 Å². The van der Waals surface area contributed by atoms with Gasteiger partial charge < -0.3 is 51.8 Å². The van der Waals surface area contributed by atoms with E-state index in [1.165, 1.54) is 16.0 Å². The molecule has 5 unspecified atom stereocenters. The maximum atomic E-state index is 14.8. The standard InChI is InChI=1S/C63H83N9O8/c1-37(64-9)55(73)69-53(62(3,4)5)60(78)71-34-43-29-30-46(31-44(43)32-51(71)58(76)67-49-23-15-19-40-17-11-13-21-47(40)49)80-36-39-25-27-42(28-26-39)57(75)66-45-33-52(59(77)68-50-24-16-20-41-18-12-14-22-48(41)50)72(35-45)61(79)54(63(6,7)8)70-56(74)38(2)65-10/h11-14,17-18,21-22,25-31,37-38,45,49-54,64-65H,15-16,19-20,23-24,32-36H2,1-10H3,(H,66,75)(H,67,76)(H,68,77)(H,69,73)(H,70,74)/t37?,38?,45-,49+,50+,51?,52-,53?,54?/m0/s1. The molecule has 1 fully saturated rings. The summed E-state index contributed by atoms with van der Waals surface area (Å²) in [4.78, 5) is 102. The molecule has 9 atom stereocenters. The molecule has 80 heavy (non-hydrogen) atoms. The van der Waals surface area contributed by atoms with Crippen LogP contribution < -0.4 is 42.0 Å². The molecule has 2 aliphatic carbocycles. The number of hydrogen-bond donors (Lipinski definition) is 7. The Hall–Kier alpha value is -7.11. The Morgan fingerprint density at radius 3 is 1.64 bits per heavy atom. The van der Waals surface area contributed by atoms with E-state index in [0.29, 0.717) is 11.3 Å². The number of aryl methyl sites for hydroxylation is 2. The van der Waals surface area contributed by atoms with E-state index >= 15 is 0 Å². The zero-order valence-electron chi connectivity index (χ0n) is 48.3. The van der Waals surface area contributed by atoms with Crippen LogP contribution in [-0.4, -0.2) is 114 Å². The Bertz CT molecular complexity index is 2930. The van der Waals surface area contributed by atoms with Gasteiger partial charge in [-0.25, -0.2) is 0 Å². The summed E-state index contributed by atoms with van der Waals surface area (Å²) in [7, 11) is 3.36. The van der Waals surface area contributed by atoms with E-state index in [2.05, 4.69) is 55.4 Å². The number of hydrogen-bond acceptors (Lipinski definition) is 10. The molecule has 0 aromatic heterocycles. The van der Waals surface area contributed by atoms with Gasteiger partial charge in [0.1, 0.15) is 36.5 Å². The predicted molar refractivity (Wildman–Crippen MR) is 307 cm³/mol. The van der Waals surface area contributed by atoms with Crippen LogP contribution in [0.3, 0.4) is 0 Å². The molecule has 2 aliphatic heterocycles. The zero-order chi connectivity index (χ0) is 57.6. The Labute approximate surface area is 471 Å². The number of likely N-dealkylation sites (N-methyl/N-ethyl adjacent to an activating group) is 2. The fourth-order valence-corrected chi connectivity index (χ4v) is 11.5. The van der Waals surface area contributed by atoms with Crippen molar-refractivity contribution >= 4 is 41.4 Å². The number of carbonyl (C=O) groups is 7. The summed E-state index contributed by atoms with van der Waals surface area (Å²) in [6.45, 7) is 15.2. The van der Waals surface area contributed by atoms with Gasteiger partial charge >= 0.3 is 0 Å². The Kier molecular flexibility index (Phi) is 18.5. The lowest BCUT2D eigenvalue weighted by atomic mass is 9.83. The molecule has 17 nitrogen and oxygen atoms in total. The van der Waals surface area contributed by atoms with Crippen molar-refractivity contribution in [2.75, 3.05) is 20.6 Å². The van der Waals surface area contributed by atoms with Gasteiger partial charge in [-0.1, -0.05) is 108 Å². The molecule has 4 aromatic rings. The number of amides is 7. The number of nitrogens with one attached hydrogen (secondary N) is 7. The van der Waals surface area contributed by atoms with Crippen LogP contribution in [0.1, 0.15) is 149 Å². The third kappa shape index (κ3) is 13.7. The molecule has 1 saturated heterocycles. The number of fused-ring (bicyclic) bond motifs is 3. The molecule has 4 aromatic carbocycles. The fourth-order valence-electron chi connectivity index (χ4n) is 11.5. The third-order valence-corrected chi connectivity index (χ3v) is 16.6. The SMILES string of the molecule is CNC(C)C(=O)NC(C(=O)N1Cc2ccc(OCc3ccc(C(=O)N[C@H]4C[C@@H](C(=O)N[C@@H]5CCCc6ccccc65)N(C(=O)C(NC(=O)C(C)NC)C(C)(C)C)C4)cc3)cc2CC1C(=O)N[C@@H]1CCCc2ccccc21)C(C)(C)C. The monoisotopic (exact) mass is 1090 g/mol. The molecule has 7 N–H and O–H groups in total. The number of rotatable bonds is 17. The van der Waals surface area contributed by atoms with Gasteiger partial charge in [-0.3, -0.25) is 33.6 Å². The number of ether oxygens (including phenoxy) is 1. The van der Waals surface area contributed by atoms with Gasteiger partial charge in [-0.05, 0) is 147 Å². The molecule has 2 heterocycles. The summed E-state index contributed by atoms with van der Waals surface area (Å²) >= 11 is 0. The molecule has 4 aliphatic rings. The van der Waals surface area contributed by atoms with Crippen molar-refractivity contribution in [1.29, 1.82) is 0 Å². The highest BCUT2D eigenvalue weighted by molar-refractivity contribution is 5.97. The summed E-state index contributed by atoms with van der Waals surface area (Å²) in [6.07, 6.45) is 5.67. The van der Waals surface area contributed by atoms with Gasteiger partial charge in [0, 0.05) is 31.1 Å². The van der Waals surface area contributed by atoms with E-state index in [4.69, 9.17) is 4.74 Å². The minimum atomic E-state index is -0.947. The minimum Gasteiger partial charge on any atom is -0.489 e. The minimum absolute atomic E-state index is 0.0708. The normalized spacial score (nSPS) is 21.2. The molecule has 8 rings (SSSR count). The molecular weight excluding hydrogens is 1010 g/mol. The maximum Gasteiger partial charge on any atom is 0.251 e. The van der Waals surface area contributed by atoms with Crippen molar-refractivity contribution < 1.29 is 38.3 Å². The van der Waals surface area contributed by atoms with Crippen molar-refractivity contribution in [2.45, 2.75) is 174 Å². The second-order valence-electron chi connectivity index (χ2n) is 24.5. The van der Waals surface area contributed by atoms with Crippen molar-refractivity contribution in [1.82, 2.24) is 47.0 Å². The van der Waals surface area contributed by atoms with Crippen molar-refractivity contribution in [2.24, 2.45) is 10.8 Å². The van der Waals surface area contributed by atoms with Gasteiger partial charge in [0.15, 0.2) is 0 Å². The van der Waals surface area contributed by atoms with Gasteiger partial charge in [0.05, 0.1) is 24.2 Å². The summed E-state index contributed by atoms with van der Waals surface area (Å²) < 4.78 is 6.34. The average Bonchev–Trinajstić information content (AvgIpc) is 3.89. The number of benzene rings is 4. The first-order valence-corrected chi connectivity index (χ1v) is 28.5. The Morgan fingerprint density at radius 1 is 0.600 bits per heavy atom. The topological polar surface area (TPSA) is 219 Å². The van der Waals surface area contributed by atoms with Crippen LogP contribution >= 0.6 is 0 Å². The number of carbonyl (C=O) groups excluding carboxylic acids is 7. The third-order valence-electron chi connectivity index (χ3n) is 16.6. The predicted octanol–water partition coefficient (Wildman–Crippen LogP) is 5.88. The zero-order valence-corrected chi connectivity index (χ0v) is 48.3. The Morgan fingerprint density at radius 2 is 1.11 bits per heavy atom. The summed E-state index contributed by atoms with van der Waals surface area (Å²) in [6, 6.07) is 23.3. The molecule has 0 spiro atoms. The molecule has 17 heteroatoms. The lowest BCUT2D eigenvalue weighted by molar-refractivity contribution is -0.147. The first-order valence-electron chi connectivity index (χ1n) is 28.5. The van der Waals surface area contributed by atoms with Gasteiger partial charge in [0.25, 0.3) is 5.91 Å². The van der Waals surface area contributed by atoms with Crippen molar-refractivity contribution in [3.05, 3.63) is 136 Å². The quantitative estimate of drug-likeness (QED) is 0.0666. The highest BCUT2D eigenvalue weighted by Crippen LogP contribution is 2.35. The lowest BCUT2D eigenvalue weighted by Gasteiger charge is -2.41. The molecule has 428 valence electrons. The molecule has 0 radical (unpaired) electrons. The molecule has 0 bridgehead atoms. The average molecular weight is 1090 g/mol. The fraction of sp³-hybridized carbons (Fsp3) is 0.508. The molecule has 0 saturated carbocycles. The van der Waals surface area contributed by atoms with E-state index in [1.807, 2.05) is 102 Å². The molecule has 7 amide bonds. The van der Waals surface area contributed by atoms with E-state index in [1.54, 1.807) is 45.0 Å². The first kappa shape index (κ1) is 59.0. The van der Waals surface area contributed by atoms with E-state index in [-0.39, 0.29) is 80.1 Å². The van der Waals surface area contributed by atoms with E-state index in [9.17, 15) is 33.6 Å². The van der Waals surface area contributed by atoms with Crippen LogP contribution in [0.15, 0.2) is 91.0 Å². The maximum absolute atomic E-state index is 14.8. The summed E-state index contributed by atoms with van der Waals surface area (Å²) in [5.74, 6) is -1.74. The van der Waals surface area contributed by atoms with Crippen LogP contribution in [0.25, 0.3) is 0 Å². The van der Waals surface area contributed by atoms with E-state index < -0.39 is 59.0 Å². The van der Waals surface area contributed by atoms with Gasteiger partial charge in [0.2, 0.25) is 35.4 Å². The Balaban J connectivity index is 0.955. The van der Waals surface area contributed by atoms with Crippen LogP contribution in [0.4, 0.5) is 0 Å². The highest BCUT2D eigenvalue weighted by atomic mass is 16.5. The second-order valence-corrected chi connectivity index (χ2v) is 24.5. The van der Waals surface area contributed by atoms with Crippen LogP contribution in [0, 0.1) is 10.8 Å². The lowest BCUT2D eigenvalue weighted by Crippen LogP contribution is -2.62. The summed E-state index contributed by atoms with van der Waals surface area (Å²) in [5.41, 5.74) is 6.10.